The summed E-state index contributed by atoms with van der Waals surface area (Å²) in [5, 5.41) is 7.15. The Labute approximate surface area is 191 Å². The molecule has 0 atom stereocenters. The lowest BCUT2D eigenvalue weighted by atomic mass is 9.96. The molecule has 9 nitrogen and oxygen atoms in total. The van der Waals surface area contributed by atoms with Gasteiger partial charge in [0.2, 0.25) is 5.95 Å². The fourth-order valence-corrected chi connectivity index (χ4v) is 4.12. The number of nitrogens with one attached hydrogen (secondary N) is 2. The van der Waals surface area contributed by atoms with E-state index < -0.39 is 0 Å². The van der Waals surface area contributed by atoms with Crippen LogP contribution in [0.25, 0.3) is 16.9 Å². The predicted molar refractivity (Wildman–Crippen MR) is 128 cm³/mol. The SMILES string of the molecule is CCn1c(=O)c2cnc(Nc3ccc4c(c3)CCNC4)nc2n1-c1ccnc(C(C)(C)C)n1. The van der Waals surface area contributed by atoms with Crippen LogP contribution in [0.2, 0.25) is 0 Å². The number of hydrogen-bond acceptors (Lipinski definition) is 7. The summed E-state index contributed by atoms with van der Waals surface area (Å²) in [6, 6.07) is 8.10. The van der Waals surface area contributed by atoms with Gasteiger partial charge in [0.05, 0.1) is 0 Å². The van der Waals surface area contributed by atoms with Crippen LogP contribution in [0.4, 0.5) is 11.6 Å². The highest BCUT2D eigenvalue weighted by molar-refractivity contribution is 5.77. The van der Waals surface area contributed by atoms with E-state index in [1.807, 2.05) is 13.0 Å². The van der Waals surface area contributed by atoms with Gasteiger partial charge in [0, 0.05) is 42.7 Å². The first-order valence-corrected chi connectivity index (χ1v) is 11.3. The lowest BCUT2D eigenvalue weighted by Crippen LogP contribution is -2.23. The summed E-state index contributed by atoms with van der Waals surface area (Å²) in [6.45, 7) is 10.5. The molecule has 0 aliphatic carbocycles. The van der Waals surface area contributed by atoms with Gasteiger partial charge in [-0.3, -0.25) is 4.79 Å². The highest BCUT2D eigenvalue weighted by Crippen LogP contribution is 2.23. The van der Waals surface area contributed by atoms with Gasteiger partial charge in [-0.1, -0.05) is 26.8 Å². The first-order valence-electron chi connectivity index (χ1n) is 11.3. The van der Waals surface area contributed by atoms with E-state index in [2.05, 4.69) is 53.5 Å². The molecule has 2 N–H and O–H groups in total. The summed E-state index contributed by atoms with van der Waals surface area (Å²) in [7, 11) is 0. The van der Waals surface area contributed by atoms with Gasteiger partial charge in [-0.05, 0) is 43.1 Å². The molecule has 1 aromatic carbocycles. The number of aromatic nitrogens is 6. The molecule has 4 heterocycles. The van der Waals surface area contributed by atoms with Crippen LogP contribution in [0.15, 0.2) is 41.5 Å². The van der Waals surface area contributed by atoms with E-state index in [0.717, 1.165) is 25.2 Å². The van der Waals surface area contributed by atoms with E-state index in [1.54, 1.807) is 27.8 Å². The minimum atomic E-state index is -0.222. The van der Waals surface area contributed by atoms with Crippen molar-refractivity contribution in [3.63, 3.8) is 0 Å². The molecule has 5 rings (SSSR count). The fourth-order valence-electron chi connectivity index (χ4n) is 4.12. The molecule has 0 saturated carbocycles. The molecule has 0 spiro atoms. The summed E-state index contributed by atoms with van der Waals surface area (Å²) in [5.74, 6) is 1.74. The van der Waals surface area contributed by atoms with Crippen molar-refractivity contribution in [2.75, 3.05) is 11.9 Å². The molecule has 0 fully saturated rings. The van der Waals surface area contributed by atoms with E-state index in [0.29, 0.717) is 35.2 Å². The average Bonchev–Trinajstić information content (AvgIpc) is 3.09. The van der Waals surface area contributed by atoms with Crippen molar-refractivity contribution in [1.29, 1.82) is 0 Å². The van der Waals surface area contributed by atoms with Crippen molar-refractivity contribution in [1.82, 2.24) is 34.6 Å². The summed E-state index contributed by atoms with van der Waals surface area (Å²) in [4.78, 5) is 31.4. The van der Waals surface area contributed by atoms with Crippen LogP contribution in [0.3, 0.4) is 0 Å². The number of fused-ring (bicyclic) bond motifs is 2. The molecular weight excluding hydrogens is 416 g/mol. The lowest BCUT2D eigenvalue weighted by molar-refractivity contribution is 0.528. The number of rotatable bonds is 4. The Morgan fingerprint density at radius 2 is 1.97 bits per heavy atom. The molecule has 1 aliphatic heterocycles. The van der Waals surface area contributed by atoms with Crippen LogP contribution in [-0.2, 0) is 24.9 Å². The van der Waals surface area contributed by atoms with Crippen LogP contribution in [-0.4, -0.2) is 35.8 Å². The van der Waals surface area contributed by atoms with Crippen molar-refractivity contribution in [2.45, 2.75) is 52.6 Å². The molecule has 0 saturated heterocycles. The second-order valence-corrected chi connectivity index (χ2v) is 9.29. The van der Waals surface area contributed by atoms with Gasteiger partial charge in [-0.25, -0.2) is 24.3 Å². The Morgan fingerprint density at radius 3 is 2.76 bits per heavy atom. The molecule has 33 heavy (non-hydrogen) atoms. The lowest BCUT2D eigenvalue weighted by Gasteiger charge is -2.18. The Morgan fingerprint density at radius 1 is 1.12 bits per heavy atom. The summed E-state index contributed by atoms with van der Waals surface area (Å²) >= 11 is 0. The van der Waals surface area contributed by atoms with Gasteiger partial charge in [-0.2, -0.15) is 4.98 Å². The molecule has 0 amide bonds. The second kappa shape index (κ2) is 8.08. The molecule has 9 heteroatoms. The Balaban J connectivity index is 1.60. The first-order chi connectivity index (χ1) is 15.8. The summed E-state index contributed by atoms with van der Waals surface area (Å²) in [5.41, 5.74) is 3.71. The fraction of sp³-hybridized carbons (Fsp3) is 0.375. The van der Waals surface area contributed by atoms with Gasteiger partial charge in [0.15, 0.2) is 11.5 Å². The Bertz CT molecular complexity index is 1400. The van der Waals surface area contributed by atoms with E-state index in [-0.39, 0.29) is 11.0 Å². The first kappa shape index (κ1) is 21.3. The van der Waals surface area contributed by atoms with E-state index in [1.165, 1.54) is 11.1 Å². The normalized spacial score (nSPS) is 13.8. The highest BCUT2D eigenvalue weighted by atomic mass is 16.1. The second-order valence-electron chi connectivity index (χ2n) is 9.29. The molecule has 0 radical (unpaired) electrons. The van der Waals surface area contributed by atoms with Gasteiger partial charge in [0.25, 0.3) is 5.56 Å². The number of hydrogen-bond donors (Lipinski definition) is 2. The molecule has 1 aliphatic rings. The van der Waals surface area contributed by atoms with Crippen LogP contribution in [0.5, 0.6) is 0 Å². The summed E-state index contributed by atoms with van der Waals surface area (Å²) < 4.78 is 3.39. The van der Waals surface area contributed by atoms with E-state index in [9.17, 15) is 4.79 Å². The largest absolute Gasteiger partial charge is 0.324 e. The Kier molecular flexibility index (Phi) is 5.20. The average molecular weight is 445 g/mol. The maximum Gasteiger partial charge on any atom is 0.278 e. The van der Waals surface area contributed by atoms with Gasteiger partial charge < -0.3 is 10.6 Å². The highest BCUT2D eigenvalue weighted by Gasteiger charge is 2.21. The third-order valence-corrected chi connectivity index (χ3v) is 5.85. The maximum absolute atomic E-state index is 13.1. The third kappa shape index (κ3) is 3.89. The van der Waals surface area contributed by atoms with Gasteiger partial charge in [0.1, 0.15) is 11.2 Å². The molecule has 0 bridgehead atoms. The number of nitrogens with zero attached hydrogens (tertiary/aromatic N) is 6. The van der Waals surface area contributed by atoms with Crippen LogP contribution >= 0.6 is 0 Å². The quantitative estimate of drug-likeness (QED) is 0.499. The van der Waals surface area contributed by atoms with Gasteiger partial charge >= 0.3 is 0 Å². The minimum absolute atomic E-state index is 0.142. The number of anilines is 2. The Hall–Kier alpha value is -3.59. The number of benzene rings is 1. The monoisotopic (exact) mass is 444 g/mol. The zero-order valence-electron chi connectivity index (χ0n) is 19.4. The van der Waals surface area contributed by atoms with E-state index >= 15 is 0 Å². The minimum Gasteiger partial charge on any atom is -0.324 e. The molecule has 170 valence electrons. The van der Waals surface area contributed by atoms with E-state index in [4.69, 9.17) is 9.97 Å². The van der Waals surface area contributed by atoms with Crippen molar-refractivity contribution >= 4 is 22.7 Å². The summed E-state index contributed by atoms with van der Waals surface area (Å²) in [6.07, 6.45) is 4.30. The van der Waals surface area contributed by atoms with Crippen molar-refractivity contribution < 1.29 is 0 Å². The van der Waals surface area contributed by atoms with Crippen LogP contribution in [0.1, 0.15) is 44.6 Å². The smallest absolute Gasteiger partial charge is 0.278 e. The predicted octanol–water partition coefficient (Wildman–Crippen LogP) is 3.08. The molecular formula is C24H28N8O. The zero-order chi connectivity index (χ0) is 23.2. The van der Waals surface area contributed by atoms with Crippen molar-refractivity contribution in [2.24, 2.45) is 0 Å². The molecule has 0 unspecified atom stereocenters. The molecule has 3 aromatic heterocycles. The van der Waals surface area contributed by atoms with Crippen LogP contribution in [0, 0.1) is 0 Å². The van der Waals surface area contributed by atoms with Crippen molar-refractivity contribution in [3.05, 3.63) is 64.0 Å². The van der Waals surface area contributed by atoms with Crippen molar-refractivity contribution in [3.8, 4) is 5.82 Å². The maximum atomic E-state index is 13.1. The topological polar surface area (TPSA) is 103 Å². The molecule has 4 aromatic rings. The third-order valence-electron chi connectivity index (χ3n) is 5.85. The van der Waals surface area contributed by atoms with Crippen LogP contribution < -0.4 is 16.2 Å². The van der Waals surface area contributed by atoms with Gasteiger partial charge in [-0.15, -0.1) is 0 Å². The standard InChI is InChI=1S/C24H28N8O/c1-5-31-21(33)18-14-27-23(28-17-7-6-16-13-25-10-8-15(16)12-17)30-20(18)32(31)19-9-11-26-22(29-19)24(2,3)4/h6-7,9,11-12,14,25H,5,8,10,13H2,1-4H3,(H,27,28,30). The zero-order valence-corrected chi connectivity index (χ0v) is 19.4.